The standard InChI is InChI=1S/C16H16ClFN6O3S/c1-28(26,27)20-7-5-13-22-14-10(4-6-19-16(14)23-13)15(24-25)21-9-2-3-12(18)11(17)8-9/h2-4,6,8,20,25H,5,7H2,1H3,(H,21,24)(H,19,22,23). The Morgan fingerprint density at radius 3 is 2.86 bits per heavy atom. The topological polar surface area (TPSA) is 132 Å². The van der Waals surface area contributed by atoms with E-state index in [1.807, 2.05) is 5.48 Å². The van der Waals surface area contributed by atoms with Crippen LogP contribution in [-0.4, -0.2) is 47.2 Å². The predicted molar refractivity (Wildman–Crippen MR) is 103 cm³/mol. The summed E-state index contributed by atoms with van der Waals surface area (Å²) in [4.78, 5) is 15.7. The predicted octanol–water partition coefficient (Wildman–Crippen LogP) is 1.90. The van der Waals surface area contributed by atoms with Gasteiger partial charge in [-0.25, -0.2) is 32.5 Å². The summed E-state index contributed by atoms with van der Waals surface area (Å²) < 4.78 is 38.0. The van der Waals surface area contributed by atoms with Crippen LogP contribution in [0.25, 0.3) is 11.2 Å². The number of fused-ring (bicyclic) bond motifs is 1. The average molecular weight is 427 g/mol. The molecule has 9 nitrogen and oxygen atoms in total. The highest BCUT2D eigenvalue weighted by atomic mass is 35.5. The Bertz CT molecular complexity index is 1150. The Labute approximate surface area is 164 Å². The lowest BCUT2D eigenvalue weighted by Crippen LogP contribution is -2.24. The molecule has 3 rings (SSSR count). The first kappa shape index (κ1) is 20.1. The van der Waals surface area contributed by atoms with Crippen LogP contribution in [0.2, 0.25) is 5.02 Å². The van der Waals surface area contributed by atoms with E-state index < -0.39 is 15.8 Å². The molecular formula is C16H16ClFN6O3S. The van der Waals surface area contributed by atoms with E-state index >= 15 is 0 Å². The molecule has 0 radical (unpaired) electrons. The number of amidine groups is 1. The van der Waals surface area contributed by atoms with Crippen LogP contribution >= 0.6 is 11.6 Å². The Morgan fingerprint density at radius 1 is 1.39 bits per heavy atom. The molecule has 2 heterocycles. The third-order valence-corrected chi connectivity index (χ3v) is 4.69. The van der Waals surface area contributed by atoms with Gasteiger partial charge in [0.25, 0.3) is 0 Å². The molecule has 0 aliphatic rings. The van der Waals surface area contributed by atoms with E-state index in [1.165, 1.54) is 24.4 Å². The maximum absolute atomic E-state index is 13.3. The molecule has 1 aromatic carbocycles. The number of rotatable bonds is 6. The maximum Gasteiger partial charge on any atom is 0.208 e. The van der Waals surface area contributed by atoms with Crippen LogP contribution in [0.5, 0.6) is 0 Å². The van der Waals surface area contributed by atoms with Crippen LogP contribution in [0.3, 0.4) is 0 Å². The normalized spacial score (nSPS) is 12.5. The number of H-pyrrole nitrogens is 1. The largest absolute Gasteiger partial charge is 0.340 e. The van der Waals surface area contributed by atoms with Crippen molar-refractivity contribution in [3.8, 4) is 0 Å². The molecule has 0 bridgehead atoms. The van der Waals surface area contributed by atoms with Gasteiger partial charge in [0.1, 0.15) is 11.6 Å². The second-order valence-corrected chi connectivity index (χ2v) is 8.07. The summed E-state index contributed by atoms with van der Waals surface area (Å²) in [6, 6.07) is 5.50. The van der Waals surface area contributed by atoms with Gasteiger partial charge in [0.15, 0.2) is 11.5 Å². The molecule has 0 atom stereocenters. The number of hydrogen-bond donors (Lipinski definition) is 4. The number of nitrogens with one attached hydrogen (secondary N) is 3. The smallest absolute Gasteiger partial charge is 0.208 e. The third-order valence-electron chi connectivity index (χ3n) is 3.67. The summed E-state index contributed by atoms with van der Waals surface area (Å²) in [5.41, 5.74) is 3.65. The van der Waals surface area contributed by atoms with Gasteiger partial charge in [-0.05, 0) is 24.3 Å². The van der Waals surface area contributed by atoms with Crippen molar-refractivity contribution in [2.24, 2.45) is 4.99 Å². The summed E-state index contributed by atoms with van der Waals surface area (Å²) in [5.74, 6) is -0.000842. The van der Waals surface area contributed by atoms with Gasteiger partial charge < -0.3 is 4.98 Å². The van der Waals surface area contributed by atoms with Crippen molar-refractivity contribution < 1.29 is 18.0 Å². The zero-order valence-corrected chi connectivity index (χ0v) is 16.1. The molecule has 148 valence electrons. The second kappa shape index (κ2) is 8.19. The van der Waals surface area contributed by atoms with Gasteiger partial charge in [-0.1, -0.05) is 11.6 Å². The summed E-state index contributed by atoms with van der Waals surface area (Å²) in [7, 11) is -3.30. The SMILES string of the molecule is CS(=O)(=O)NCCc1nc2nccc(C(=Nc3ccc(F)c(Cl)c3)NO)c2[nH]1. The van der Waals surface area contributed by atoms with Crippen molar-refractivity contribution in [1.29, 1.82) is 0 Å². The van der Waals surface area contributed by atoms with Crippen molar-refractivity contribution in [1.82, 2.24) is 25.2 Å². The minimum atomic E-state index is -3.30. The molecule has 0 saturated carbocycles. The molecule has 4 N–H and O–H groups in total. The quantitative estimate of drug-likeness (QED) is 0.270. The fraction of sp³-hybridized carbons (Fsp3) is 0.188. The first-order valence-electron chi connectivity index (χ1n) is 7.99. The fourth-order valence-electron chi connectivity index (χ4n) is 2.46. The average Bonchev–Trinajstić information content (AvgIpc) is 3.04. The van der Waals surface area contributed by atoms with Crippen molar-refractivity contribution in [3.05, 3.63) is 52.7 Å². The Kier molecular flexibility index (Phi) is 5.89. The highest BCUT2D eigenvalue weighted by Gasteiger charge is 2.14. The van der Waals surface area contributed by atoms with Crippen LogP contribution in [-0.2, 0) is 16.4 Å². The third kappa shape index (κ3) is 4.81. The molecule has 0 spiro atoms. The molecule has 3 aromatic rings. The van der Waals surface area contributed by atoms with E-state index in [-0.39, 0.29) is 17.4 Å². The number of aromatic amines is 1. The van der Waals surface area contributed by atoms with Crippen LogP contribution in [0.15, 0.2) is 35.5 Å². The van der Waals surface area contributed by atoms with E-state index in [0.717, 1.165) is 6.26 Å². The monoisotopic (exact) mass is 426 g/mol. The number of hydrogen-bond acceptors (Lipinski definition) is 6. The molecule has 0 unspecified atom stereocenters. The number of aliphatic imine (C=N–C) groups is 1. The summed E-state index contributed by atoms with van der Waals surface area (Å²) in [5, 5.41) is 9.45. The van der Waals surface area contributed by atoms with Crippen molar-refractivity contribution in [2.45, 2.75) is 6.42 Å². The van der Waals surface area contributed by atoms with Crippen LogP contribution in [0.1, 0.15) is 11.4 Å². The molecule has 0 aliphatic heterocycles. The van der Waals surface area contributed by atoms with Crippen molar-refractivity contribution >= 4 is 44.3 Å². The van der Waals surface area contributed by atoms with E-state index in [1.54, 1.807) is 6.07 Å². The number of benzene rings is 1. The molecule has 0 amide bonds. The first-order valence-corrected chi connectivity index (χ1v) is 10.3. The van der Waals surface area contributed by atoms with E-state index in [2.05, 4.69) is 24.7 Å². The number of sulfonamides is 1. The first-order chi connectivity index (χ1) is 13.3. The van der Waals surface area contributed by atoms with Crippen molar-refractivity contribution in [2.75, 3.05) is 12.8 Å². The lowest BCUT2D eigenvalue weighted by molar-refractivity contribution is 0.235. The van der Waals surface area contributed by atoms with E-state index in [0.29, 0.717) is 34.7 Å². The number of halogens is 2. The molecule has 28 heavy (non-hydrogen) atoms. The highest BCUT2D eigenvalue weighted by molar-refractivity contribution is 7.88. The molecule has 0 saturated heterocycles. The number of imidazole rings is 1. The van der Waals surface area contributed by atoms with E-state index in [9.17, 15) is 18.0 Å². The Hall–Kier alpha value is -2.60. The van der Waals surface area contributed by atoms with Crippen molar-refractivity contribution in [3.63, 3.8) is 0 Å². The van der Waals surface area contributed by atoms with Crippen LogP contribution in [0.4, 0.5) is 10.1 Å². The van der Waals surface area contributed by atoms with Gasteiger partial charge >= 0.3 is 0 Å². The number of nitrogens with zero attached hydrogens (tertiary/aromatic N) is 3. The molecule has 12 heteroatoms. The van der Waals surface area contributed by atoms with Crippen LogP contribution in [0, 0.1) is 5.82 Å². The van der Waals surface area contributed by atoms with Gasteiger partial charge in [-0.15, -0.1) is 0 Å². The molecule has 0 fully saturated rings. The van der Waals surface area contributed by atoms with Gasteiger partial charge in [0, 0.05) is 24.7 Å². The summed E-state index contributed by atoms with van der Waals surface area (Å²) in [6.45, 7) is 0.168. The summed E-state index contributed by atoms with van der Waals surface area (Å²) >= 11 is 5.76. The van der Waals surface area contributed by atoms with Crippen LogP contribution < -0.4 is 10.2 Å². The zero-order valence-electron chi connectivity index (χ0n) is 14.6. The highest BCUT2D eigenvalue weighted by Crippen LogP contribution is 2.23. The zero-order chi connectivity index (χ0) is 20.3. The number of aromatic nitrogens is 3. The Morgan fingerprint density at radius 2 is 2.18 bits per heavy atom. The molecule has 2 aromatic heterocycles. The lowest BCUT2D eigenvalue weighted by atomic mass is 10.2. The minimum absolute atomic E-state index is 0.0690. The van der Waals surface area contributed by atoms with E-state index in [4.69, 9.17) is 11.6 Å². The molecular weight excluding hydrogens is 411 g/mol. The summed E-state index contributed by atoms with van der Waals surface area (Å²) in [6.07, 6.45) is 2.87. The van der Waals surface area contributed by atoms with Gasteiger partial charge in [0.05, 0.1) is 22.5 Å². The fourth-order valence-corrected chi connectivity index (χ4v) is 3.11. The van der Waals surface area contributed by atoms with Gasteiger partial charge in [-0.2, -0.15) is 0 Å². The number of pyridine rings is 1. The minimum Gasteiger partial charge on any atom is -0.340 e. The maximum atomic E-state index is 13.3. The van der Waals surface area contributed by atoms with Gasteiger partial charge in [-0.3, -0.25) is 10.7 Å². The lowest BCUT2D eigenvalue weighted by Gasteiger charge is -2.06. The number of hydroxylamine groups is 1. The van der Waals surface area contributed by atoms with Gasteiger partial charge in [0.2, 0.25) is 10.0 Å². The Balaban J connectivity index is 1.94. The molecule has 0 aliphatic carbocycles. The second-order valence-electron chi connectivity index (χ2n) is 5.83.